The minimum absolute atomic E-state index is 0.0427. The summed E-state index contributed by atoms with van der Waals surface area (Å²) in [4.78, 5) is 14.1. The lowest BCUT2D eigenvalue weighted by Crippen LogP contribution is -2.26. The Bertz CT molecular complexity index is 919. The average Bonchev–Trinajstić information content (AvgIpc) is 2.88. The van der Waals surface area contributed by atoms with Crippen molar-refractivity contribution >= 4 is 28.9 Å². The molecule has 0 bridgehead atoms. The van der Waals surface area contributed by atoms with Crippen molar-refractivity contribution in [1.82, 2.24) is 0 Å². The van der Waals surface area contributed by atoms with Crippen molar-refractivity contribution in [3.8, 4) is 0 Å². The van der Waals surface area contributed by atoms with Crippen LogP contribution >= 0.6 is 11.6 Å². The quantitative estimate of drug-likeness (QED) is 0.607. The molecular formula is C23H26ClF3N2O2. The third kappa shape index (κ3) is 6.37. The van der Waals surface area contributed by atoms with Crippen molar-refractivity contribution in [3.63, 3.8) is 0 Å². The average molecular weight is 455 g/mol. The maximum absolute atomic E-state index is 14.8. The van der Waals surface area contributed by atoms with E-state index in [1.807, 2.05) is 25.7 Å². The predicted octanol–water partition coefficient (Wildman–Crippen LogP) is 6.10. The van der Waals surface area contributed by atoms with Gasteiger partial charge < -0.3 is 15.0 Å². The standard InChI is InChI=1S/C23H26ClF3N2O2/c1-23(2,3)13-21(30)28-22-18(24)11-17(12-19(22)27)29-5-4-20(31-7-6-29)14-8-15(25)10-16(26)9-14/h8-12,20H,4-7,13H2,1-3H3,(H,28,30)/t20-/m1/s1. The van der Waals surface area contributed by atoms with Gasteiger partial charge in [0, 0.05) is 31.3 Å². The zero-order chi connectivity index (χ0) is 22.8. The molecule has 1 heterocycles. The minimum Gasteiger partial charge on any atom is -0.372 e. The first-order valence-corrected chi connectivity index (χ1v) is 10.5. The monoisotopic (exact) mass is 454 g/mol. The molecule has 1 saturated heterocycles. The van der Waals surface area contributed by atoms with E-state index in [1.54, 1.807) is 6.07 Å². The number of benzene rings is 2. The van der Waals surface area contributed by atoms with E-state index in [2.05, 4.69) is 5.32 Å². The number of ether oxygens (including phenoxy) is 1. The van der Waals surface area contributed by atoms with Gasteiger partial charge in [-0.3, -0.25) is 4.79 Å². The van der Waals surface area contributed by atoms with Crippen LogP contribution in [0.3, 0.4) is 0 Å². The van der Waals surface area contributed by atoms with E-state index in [-0.39, 0.29) is 28.5 Å². The molecule has 1 amide bonds. The van der Waals surface area contributed by atoms with Crippen LogP contribution in [0.15, 0.2) is 30.3 Å². The molecule has 1 aliphatic rings. The lowest BCUT2D eigenvalue weighted by Gasteiger charge is -2.24. The highest BCUT2D eigenvalue weighted by Crippen LogP contribution is 2.33. The maximum Gasteiger partial charge on any atom is 0.225 e. The van der Waals surface area contributed by atoms with Gasteiger partial charge >= 0.3 is 0 Å². The summed E-state index contributed by atoms with van der Waals surface area (Å²) in [7, 11) is 0. The number of rotatable bonds is 4. The van der Waals surface area contributed by atoms with Gasteiger partial charge in [-0.15, -0.1) is 0 Å². The summed E-state index contributed by atoms with van der Waals surface area (Å²) in [6, 6.07) is 6.25. The Morgan fingerprint density at radius 2 is 1.81 bits per heavy atom. The Hall–Kier alpha value is -2.25. The highest BCUT2D eigenvalue weighted by atomic mass is 35.5. The van der Waals surface area contributed by atoms with E-state index in [0.717, 1.165) is 6.07 Å². The summed E-state index contributed by atoms with van der Waals surface area (Å²) < 4.78 is 47.6. The van der Waals surface area contributed by atoms with Crippen LogP contribution in [-0.2, 0) is 9.53 Å². The van der Waals surface area contributed by atoms with E-state index >= 15 is 0 Å². The molecule has 0 spiro atoms. The number of amides is 1. The number of carbonyl (C=O) groups excluding carboxylic acids is 1. The minimum atomic E-state index is -0.655. The van der Waals surface area contributed by atoms with Gasteiger partial charge in [-0.2, -0.15) is 0 Å². The van der Waals surface area contributed by atoms with Crippen molar-refractivity contribution in [1.29, 1.82) is 0 Å². The van der Waals surface area contributed by atoms with E-state index in [4.69, 9.17) is 16.3 Å². The molecule has 0 aliphatic carbocycles. The molecule has 0 saturated carbocycles. The Labute approximate surface area is 185 Å². The zero-order valence-electron chi connectivity index (χ0n) is 17.8. The first-order chi connectivity index (χ1) is 14.5. The highest BCUT2D eigenvalue weighted by molar-refractivity contribution is 6.34. The predicted molar refractivity (Wildman–Crippen MR) is 116 cm³/mol. The maximum atomic E-state index is 14.8. The number of carbonyl (C=O) groups is 1. The van der Waals surface area contributed by atoms with Crippen LogP contribution in [0.4, 0.5) is 24.5 Å². The van der Waals surface area contributed by atoms with Gasteiger partial charge in [0.25, 0.3) is 0 Å². The van der Waals surface area contributed by atoms with Gasteiger partial charge in [0.05, 0.1) is 23.4 Å². The molecule has 1 N–H and O–H groups in total. The van der Waals surface area contributed by atoms with E-state index < -0.39 is 23.6 Å². The summed E-state index contributed by atoms with van der Waals surface area (Å²) in [5.41, 5.74) is 0.700. The van der Waals surface area contributed by atoms with Crippen molar-refractivity contribution in [2.45, 2.75) is 39.7 Å². The van der Waals surface area contributed by atoms with Gasteiger partial charge in [-0.05, 0) is 41.7 Å². The lowest BCUT2D eigenvalue weighted by atomic mass is 9.92. The number of hydrogen-bond acceptors (Lipinski definition) is 3. The van der Waals surface area contributed by atoms with E-state index in [1.165, 1.54) is 18.2 Å². The van der Waals surface area contributed by atoms with Crippen LogP contribution in [0.25, 0.3) is 0 Å². The third-order valence-electron chi connectivity index (χ3n) is 4.95. The lowest BCUT2D eigenvalue weighted by molar-refractivity contribution is -0.117. The first kappa shape index (κ1) is 23.4. The number of nitrogens with zero attached hydrogens (tertiary/aromatic N) is 1. The summed E-state index contributed by atoms with van der Waals surface area (Å²) in [6.07, 6.45) is 0.230. The number of halogens is 4. The summed E-state index contributed by atoms with van der Waals surface area (Å²) in [6.45, 7) is 6.99. The van der Waals surface area contributed by atoms with Crippen LogP contribution in [-0.4, -0.2) is 25.6 Å². The zero-order valence-corrected chi connectivity index (χ0v) is 18.5. The second kappa shape index (κ2) is 9.49. The fourth-order valence-electron chi connectivity index (χ4n) is 3.58. The molecule has 0 unspecified atom stereocenters. The Morgan fingerprint density at radius 1 is 1.13 bits per heavy atom. The SMILES string of the molecule is CC(C)(C)CC(=O)Nc1c(F)cc(N2CCO[C@@H](c3cc(F)cc(F)c3)CC2)cc1Cl. The summed E-state index contributed by atoms with van der Waals surface area (Å²) >= 11 is 6.27. The molecule has 31 heavy (non-hydrogen) atoms. The number of nitrogens with one attached hydrogen (secondary N) is 1. The number of anilines is 2. The molecule has 3 rings (SSSR count). The fraction of sp³-hybridized carbons (Fsp3) is 0.435. The topological polar surface area (TPSA) is 41.6 Å². The van der Waals surface area contributed by atoms with Crippen molar-refractivity contribution < 1.29 is 22.7 Å². The third-order valence-corrected chi connectivity index (χ3v) is 5.24. The molecule has 2 aromatic rings. The molecule has 1 aliphatic heterocycles. The van der Waals surface area contributed by atoms with Crippen LogP contribution in [0.1, 0.15) is 45.3 Å². The molecule has 168 valence electrons. The van der Waals surface area contributed by atoms with E-state index in [9.17, 15) is 18.0 Å². The fourth-order valence-corrected chi connectivity index (χ4v) is 3.83. The normalized spacial score (nSPS) is 17.4. The molecule has 0 aromatic heterocycles. The Morgan fingerprint density at radius 3 is 2.42 bits per heavy atom. The van der Waals surface area contributed by atoms with Crippen LogP contribution in [0.5, 0.6) is 0 Å². The summed E-state index contributed by atoms with van der Waals surface area (Å²) in [5.74, 6) is -2.25. The van der Waals surface area contributed by atoms with Gasteiger partial charge in [0.2, 0.25) is 5.91 Å². The van der Waals surface area contributed by atoms with Gasteiger partial charge in [0.15, 0.2) is 0 Å². The molecule has 8 heteroatoms. The van der Waals surface area contributed by atoms with Gasteiger partial charge in [0.1, 0.15) is 17.5 Å². The summed E-state index contributed by atoms with van der Waals surface area (Å²) in [5, 5.41) is 2.66. The van der Waals surface area contributed by atoms with Crippen molar-refractivity contribution in [2.24, 2.45) is 5.41 Å². The second-order valence-corrected chi connectivity index (χ2v) is 9.32. The molecule has 2 aromatic carbocycles. The molecular weight excluding hydrogens is 429 g/mol. The molecule has 0 radical (unpaired) electrons. The van der Waals surface area contributed by atoms with Crippen molar-refractivity contribution in [2.75, 3.05) is 29.9 Å². The van der Waals surface area contributed by atoms with Crippen LogP contribution in [0.2, 0.25) is 5.02 Å². The highest BCUT2D eigenvalue weighted by Gasteiger charge is 2.23. The molecule has 4 nitrogen and oxygen atoms in total. The second-order valence-electron chi connectivity index (χ2n) is 8.91. The van der Waals surface area contributed by atoms with Crippen molar-refractivity contribution in [3.05, 3.63) is 58.4 Å². The van der Waals surface area contributed by atoms with E-state index in [0.29, 0.717) is 37.4 Å². The first-order valence-electron chi connectivity index (χ1n) is 10.1. The Kier molecular flexibility index (Phi) is 7.17. The van der Waals surface area contributed by atoms with Crippen LogP contribution < -0.4 is 10.2 Å². The largest absolute Gasteiger partial charge is 0.372 e. The molecule has 1 fully saturated rings. The smallest absolute Gasteiger partial charge is 0.225 e. The number of hydrogen-bond donors (Lipinski definition) is 1. The van der Waals surface area contributed by atoms with Gasteiger partial charge in [-0.1, -0.05) is 32.4 Å². The molecule has 1 atom stereocenters. The Balaban J connectivity index is 1.72. The van der Waals surface area contributed by atoms with Crippen LogP contribution in [0, 0.1) is 22.9 Å². The van der Waals surface area contributed by atoms with Gasteiger partial charge in [-0.25, -0.2) is 13.2 Å².